The smallest absolute Gasteiger partial charge is 0.256 e. The molecule has 0 saturated heterocycles. The van der Waals surface area contributed by atoms with E-state index in [1.807, 2.05) is 6.07 Å². The van der Waals surface area contributed by atoms with Gasteiger partial charge >= 0.3 is 0 Å². The van der Waals surface area contributed by atoms with Gasteiger partial charge in [0.25, 0.3) is 11.8 Å². The first kappa shape index (κ1) is 19.9. The number of H-pyrrole nitrogens is 1. The van der Waals surface area contributed by atoms with Crippen LogP contribution in [-0.4, -0.2) is 35.9 Å². The number of carbonyl (C=O) groups is 2. The van der Waals surface area contributed by atoms with Gasteiger partial charge < -0.3 is 19.9 Å². The molecule has 0 aliphatic rings. The van der Waals surface area contributed by atoms with Crippen molar-refractivity contribution in [2.24, 2.45) is 0 Å². The highest BCUT2D eigenvalue weighted by atomic mass is 16.5. The molecule has 29 heavy (non-hydrogen) atoms. The summed E-state index contributed by atoms with van der Waals surface area (Å²) >= 11 is 0. The largest absolute Gasteiger partial charge is 0.497 e. The molecule has 0 saturated carbocycles. The maximum absolute atomic E-state index is 13.1. The molecule has 2 N–H and O–H groups in total. The minimum Gasteiger partial charge on any atom is -0.497 e. The highest BCUT2D eigenvalue weighted by Gasteiger charge is 2.29. The number of rotatable bonds is 6. The Morgan fingerprint density at radius 2 is 1.69 bits per heavy atom. The van der Waals surface area contributed by atoms with Crippen molar-refractivity contribution < 1.29 is 14.3 Å². The van der Waals surface area contributed by atoms with Crippen LogP contribution < -0.4 is 15.6 Å². The standard InChI is InChI=1S/C22H21N3O4/c1-25(22(28)16-8-13-19(26)23-14-16)20(15-6-4-3-5-7-15)21(27)24-17-9-11-18(29-2)12-10-17/h3-14,20H,1-2H3,(H,23,26)(H,24,27)/t20-/m0/s1. The van der Waals surface area contributed by atoms with Crippen LogP contribution in [0.3, 0.4) is 0 Å². The number of amides is 2. The molecule has 0 fully saturated rings. The number of aromatic nitrogens is 1. The number of methoxy groups -OCH3 is 1. The van der Waals surface area contributed by atoms with Crippen LogP contribution in [0.2, 0.25) is 0 Å². The lowest BCUT2D eigenvalue weighted by atomic mass is 10.0. The number of pyridine rings is 1. The van der Waals surface area contributed by atoms with Crippen LogP contribution in [0, 0.1) is 0 Å². The average molecular weight is 391 g/mol. The van der Waals surface area contributed by atoms with Crippen molar-refractivity contribution in [1.29, 1.82) is 0 Å². The van der Waals surface area contributed by atoms with E-state index in [1.165, 1.54) is 23.2 Å². The lowest BCUT2D eigenvalue weighted by molar-refractivity contribution is -0.120. The molecule has 0 radical (unpaired) electrons. The third kappa shape index (κ3) is 4.70. The summed E-state index contributed by atoms with van der Waals surface area (Å²) in [7, 11) is 3.12. The second kappa shape index (κ2) is 8.88. The molecule has 0 spiro atoms. The molecule has 3 aromatic rings. The molecule has 1 heterocycles. The van der Waals surface area contributed by atoms with Gasteiger partial charge in [0.2, 0.25) is 5.56 Å². The molecule has 2 amide bonds. The Labute approximate surface area is 167 Å². The Hall–Kier alpha value is -3.87. The van der Waals surface area contributed by atoms with Gasteiger partial charge in [0.15, 0.2) is 0 Å². The van der Waals surface area contributed by atoms with Crippen LogP contribution in [0.15, 0.2) is 77.7 Å². The molecule has 7 nitrogen and oxygen atoms in total. The lowest BCUT2D eigenvalue weighted by Crippen LogP contribution is -2.38. The summed E-state index contributed by atoms with van der Waals surface area (Å²) in [6.45, 7) is 0. The fraction of sp³-hybridized carbons (Fsp3) is 0.136. The average Bonchev–Trinajstić information content (AvgIpc) is 2.75. The summed E-state index contributed by atoms with van der Waals surface area (Å²) in [6.07, 6.45) is 1.34. The van der Waals surface area contributed by atoms with Gasteiger partial charge in [0.1, 0.15) is 11.8 Å². The first-order chi connectivity index (χ1) is 14.0. The van der Waals surface area contributed by atoms with Crippen LogP contribution in [-0.2, 0) is 4.79 Å². The van der Waals surface area contributed by atoms with Crippen molar-refractivity contribution >= 4 is 17.5 Å². The zero-order valence-electron chi connectivity index (χ0n) is 16.1. The van der Waals surface area contributed by atoms with Crippen molar-refractivity contribution in [3.63, 3.8) is 0 Å². The first-order valence-corrected chi connectivity index (χ1v) is 8.95. The number of nitrogens with zero attached hydrogens (tertiary/aromatic N) is 1. The number of carbonyl (C=O) groups excluding carboxylic acids is 2. The van der Waals surface area contributed by atoms with Gasteiger partial charge in [-0.25, -0.2) is 0 Å². The number of nitrogens with one attached hydrogen (secondary N) is 2. The van der Waals surface area contributed by atoms with Gasteiger partial charge in [-0.15, -0.1) is 0 Å². The summed E-state index contributed by atoms with van der Waals surface area (Å²) < 4.78 is 5.13. The second-order valence-corrected chi connectivity index (χ2v) is 6.39. The van der Waals surface area contributed by atoms with Gasteiger partial charge in [-0.1, -0.05) is 30.3 Å². The number of hydrogen-bond donors (Lipinski definition) is 2. The zero-order chi connectivity index (χ0) is 20.8. The molecule has 3 rings (SSSR count). The topological polar surface area (TPSA) is 91.5 Å². The highest BCUT2D eigenvalue weighted by molar-refractivity contribution is 6.01. The molecule has 1 aromatic heterocycles. The van der Waals surface area contributed by atoms with Gasteiger partial charge in [-0.3, -0.25) is 14.4 Å². The van der Waals surface area contributed by atoms with E-state index in [0.717, 1.165) is 0 Å². The van der Waals surface area contributed by atoms with E-state index in [2.05, 4.69) is 10.3 Å². The monoisotopic (exact) mass is 391 g/mol. The van der Waals surface area contributed by atoms with E-state index in [1.54, 1.807) is 62.7 Å². The van der Waals surface area contributed by atoms with Crippen molar-refractivity contribution in [1.82, 2.24) is 9.88 Å². The maximum Gasteiger partial charge on any atom is 0.256 e. The number of hydrogen-bond acceptors (Lipinski definition) is 4. The molecule has 0 aliphatic heterocycles. The van der Waals surface area contributed by atoms with Gasteiger partial charge in [-0.05, 0) is 35.9 Å². The number of likely N-dealkylation sites (N-methyl/N-ethyl adjacent to an activating group) is 1. The summed E-state index contributed by atoms with van der Waals surface area (Å²) in [5.74, 6) is -0.0744. The SMILES string of the molecule is COc1ccc(NC(=O)[C@H](c2ccccc2)N(C)C(=O)c2ccc(=O)[nH]c2)cc1. The van der Waals surface area contributed by atoms with E-state index >= 15 is 0 Å². The van der Waals surface area contributed by atoms with E-state index in [9.17, 15) is 14.4 Å². The van der Waals surface area contributed by atoms with E-state index in [0.29, 0.717) is 17.0 Å². The van der Waals surface area contributed by atoms with E-state index in [4.69, 9.17) is 4.74 Å². The molecule has 1 atom stereocenters. The normalized spacial score (nSPS) is 11.4. The Bertz CT molecular complexity index is 1030. The number of aromatic amines is 1. The summed E-state index contributed by atoms with van der Waals surface area (Å²) in [4.78, 5) is 41.1. The van der Waals surface area contributed by atoms with Gasteiger partial charge in [0.05, 0.1) is 12.7 Å². The second-order valence-electron chi connectivity index (χ2n) is 6.39. The lowest BCUT2D eigenvalue weighted by Gasteiger charge is -2.28. The molecule has 2 aromatic carbocycles. The third-order valence-electron chi connectivity index (χ3n) is 4.46. The van der Waals surface area contributed by atoms with Crippen LogP contribution in [0.1, 0.15) is 22.0 Å². The minimum atomic E-state index is -0.863. The number of anilines is 1. The highest BCUT2D eigenvalue weighted by Crippen LogP contribution is 2.24. The first-order valence-electron chi connectivity index (χ1n) is 8.95. The van der Waals surface area contributed by atoms with Crippen molar-refractivity contribution in [3.8, 4) is 5.75 Å². The van der Waals surface area contributed by atoms with Crippen molar-refractivity contribution in [2.45, 2.75) is 6.04 Å². The molecule has 148 valence electrons. The predicted molar refractivity (Wildman–Crippen MR) is 110 cm³/mol. The van der Waals surface area contributed by atoms with Crippen LogP contribution in [0.5, 0.6) is 5.75 Å². The van der Waals surface area contributed by atoms with Gasteiger partial charge in [0, 0.05) is 25.0 Å². The van der Waals surface area contributed by atoms with Crippen molar-refractivity contribution in [3.05, 3.63) is 94.4 Å². The molecule has 0 unspecified atom stereocenters. The quantitative estimate of drug-likeness (QED) is 0.676. The fourth-order valence-corrected chi connectivity index (χ4v) is 2.94. The Kier molecular flexibility index (Phi) is 6.09. The minimum absolute atomic E-state index is 0.283. The molecular formula is C22H21N3O4. The zero-order valence-corrected chi connectivity index (χ0v) is 16.1. The molecule has 0 bridgehead atoms. The van der Waals surface area contributed by atoms with Crippen LogP contribution >= 0.6 is 0 Å². The Balaban J connectivity index is 1.89. The van der Waals surface area contributed by atoms with E-state index < -0.39 is 6.04 Å². The van der Waals surface area contributed by atoms with Crippen LogP contribution in [0.25, 0.3) is 0 Å². The Morgan fingerprint density at radius 1 is 1.00 bits per heavy atom. The molecule has 7 heteroatoms. The number of benzene rings is 2. The molecular weight excluding hydrogens is 370 g/mol. The summed E-state index contributed by atoms with van der Waals surface area (Å²) in [5.41, 5.74) is 1.23. The fourth-order valence-electron chi connectivity index (χ4n) is 2.94. The molecule has 0 aliphatic carbocycles. The van der Waals surface area contributed by atoms with Crippen LogP contribution in [0.4, 0.5) is 5.69 Å². The maximum atomic E-state index is 13.1. The number of ether oxygens (including phenoxy) is 1. The Morgan fingerprint density at radius 3 is 2.28 bits per heavy atom. The third-order valence-corrected chi connectivity index (χ3v) is 4.46. The van der Waals surface area contributed by atoms with E-state index in [-0.39, 0.29) is 22.9 Å². The van der Waals surface area contributed by atoms with Crippen molar-refractivity contribution in [2.75, 3.05) is 19.5 Å². The summed E-state index contributed by atoms with van der Waals surface area (Å²) in [5, 5.41) is 2.84. The predicted octanol–water partition coefficient (Wildman–Crippen LogP) is 2.84. The van der Waals surface area contributed by atoms with Gasteiger partial charge in [-0.2, -0.15) is 0 Å². The summed E-state index contributed by atoms with van der Waals surface area (Å²) in [6, 6.07) is 17.8.